The summed E-state index contributed by atoms with van der Waals surface area (Å²) in [4.78, 5) is 19.1. The van der Waals surface area contributed by atoms with Gasteiger partial charge >= 0.3 is 12.1 Å². The fourth-order valence-corrected chi connectivity index (χ4v) is 2.94. The van der Waals surface area contributed by atoms with Gasteiger partial charge in [0.2, 0.25) is 0 Å². The van der Waals surface area contributed by atoms with Gasteiger partial charge in [0.15, 0.2) is 11.4 Å². The van der Waals surface area contributed by atoms with Gasteiger partial charge in [-0.15, -0.1) is 0 Å². The van der Waals surface area contributed by atoms with Crippen molar-refractivity contribution in [2.75, 3.05) is 0 Å². The Morgan fingerprint density at radius 1 is 1.22 bits per heavy atom. The predicted octanol–water partition coefficient (Wildman–Crippen LogP) is 5.02. The first-order valence-electron chi connectivity index (χ1n) is 7.44. The molecule has 0 aliphatic heterocycles. The number of alkyl halides is 3. The van der Waals surface area contributed by atoms with E-state index in [9.17, 15) is 23.1 Å². The maximum Gasteiger partial charge on any atom is 0.435 e. The molecule has 2 heterocycles. The zero-order valence-corrected chi connectivity index (χ0v) is 14.8. The van der Waals surface area contributed by atoms with E-state index in [1.54, 1.807) is 0 Å². The van der Waals surface area contributed by atoms with Crippen molar-refractivity contribution in [3.63, 3.8) is 0 Å². The quantitative estimate of drug-likeness (QED) is 0.649. The van der Waals surface area contributed by atoms with E-state index in [1.165, 1.54) is 42.7 Å². The molecule has 0 aliphatic carbocycles. The number of benzene rings is 1. The largest absolute Gasteiger partial charge is 0.477 e. The Labute approximate surface area is 161 Å². The van der Waals surface area contributed by atoms with Crippen molar-refractivity contribution in [1.29, 1.82) is 0 Å². The van der Waals surface area contributed by atoms with Crippen molar-refractivity contribution in [3.05, 3.63) is 69.7 Å². The molecule has 0 spiro atoms. The summed E-state index contributed by atoms with van der Waals surface area (Å²) in [6.07, 6.45) is -2.22. The van der Waals surface area contributed by atoms with E-state index in [0.717, 1.165) is 4.57 Å². The molecule has 27 heavy (non-hydrogen) atoms. The van der Waals surface area contributed by atoms with Crippen LogP contribution in [0.25, 0.3) is 11.4 Å². The molecule has 3 aromatic rings. The first-order chi connectivity index (χ1) is 12.7. The lowest BCUT2D eigenvalue weighted by molar-refractivity contribution is -0.141. The fraction of sp³-hybridized carbons (Fsp3) is 0.118. The van der Waals surface area contributed by atoms with Crippen LogP contribution in [0.1, 0.15) is 21.7 Å². The molecular formula is C17H10Cl2F3N3O2. The minimum Gasteiger partial charge on any atom is -0.477 e. The highest BCUT2D eigenvalue weighted by Crippen LogP contribution is 2.35. The van der Waals surface area contributed by atoms with Crippen molar-refractivity contribution in [3.8, 4) is 11.4 Å². The summed E-state index contributed by atoms with van der Waals surface area (Å²) in [6.45, 7) is -0.270. The molecule has 0 saturated carbocycles. The molecule has 0 bridgehead atoms. The third kappa shape index (κ3) is 3.91. The second-order valence-corrected chi connectivity index (χ2v) is 6.34. The molecule has 0 atom stereocenters. The van der Waals surface area contributed by atoms with Gasteiger partial charge in [0.25, 0.3) is 0 Å². The lowest BCUT2D eigenvalue weighted by atomic mass is 10.2. The van der Waals surface area contributed by atoms with Crippen LogP contribution in [0.2, 0.25) is 10.0 Å². The van der Waals surface area contributed by atoms with Crippen LogP contribution >= 0.6 is 23.2 Å². The summed E-state index contributed by atoms with van der Waals surface area (Å²) in [7, 11) is 0. The average Bonchev–Trinajstić information content (AvgIpc) is 2.99. The summed E-state index contributed by atoms with van der Waals surface area (Å²) in [6, 6.07) is 7.44. The van der Waals surface area contributed by atoms with Gasteiger partial charge in [0.1, 0.15) is 5.82 Å². The van der Waals surface area contributed by atoms with Crippen molar-refractivity contribution >= 4 is 29.2 Å². The number of nitrogens with zero attached hydrogens (tertiary/aromatic N) is 3. The zero-order valence-electron chi connectivity index (χ0n) is 13.3. The number of carboxylic acids is 1. The fourth-order valence-electron chi connectivity index (χ4n) is 2.57. The highest BCUT2D eigenvalue weighted by molar-refractivity contribution is 6.33. The lowest BCUT2D eigenvalue weighted by Crippen LogP contribution is -2.17. The Hall–Kier alpha value is -2.58. The number of hydrogen-bond acceptors (Lipinski definition) is 3. The summed E-state index contributed by atoms with van der Waals surface area (Å²) in [5.41, 5.74) is -1.90. The Bertz CT molecular complexity index is 1000. The number of hydrogen-bond donors (Lipinski definition) is 1. The monoisotopic (exact) mass is 415 g/mol. The molecule has 10 heteroatoms. The number of aromatic carboxylic acids is 1. The third-order valence-corrected chi connectivity index (χ3v) is 4.30. The standard InChI is InChI=1S/C17H10Cl2F3N3O2/c18-11-3-4-12(19)10(6-11)8-25-13(16(26)27)14(17(20,21)22)24-15(25)9-2-1-5-23-7-9/h1-7H,8H2,(H,26,27). The highest BCUT2D eigenvalue weighted by atomic mass is 35.5. The van der Waals surface area contributed by atoms with Gasteiger partial charge in [-0.05, 0) is 35.9 Å². The Morgan fingerprint density at radius 2 is 1.96 bits per heavy atom. The highest BCUT2D eigenvalue weighted by Gasteiger charge is 2.41. The van der Waals surface area contributed by atoms with Gasteiger partial charge in [-0.1, -0.05) is 23.2 Å². The Morgan fingerprint density at radius 3 is 2.56 bits per heavy atom. The van der Waals surface area contributed by atoms with E-state index in [-0.39, 0.29) is 23.0 Å². The number of halogens is 5. The van der Waals surface area contributed by atoms with Gasteiger partial charge < -0.3 is 9.67 Å². The number of pyridine rings is 1. The van der Waals surface area contributed by atoms with Crippen LogP contribution in [0.4, 0.5) is 13.2 Å². The molecule has 0 fully saturated rings. The van der Waals surface area contributed by atoms with Gasteiger partial charge in [0.05, 0.1) is 6.54 Å². The van der Waals surface area contributed by atoms with E-state index in [1.807, 2.05) is 0 Å². The maximum atomic E-state index is 13.4. The zero-order chi connectivity index (χ0) is 19.8. The molecule has 0 unspecified atom stereocenters. The van der Waals surface area contributed by atoms with Crippen LogP contribution in [0.15, 0.2) is 42.7 Å². The first kappa shape index (κ1) is 19.2. The van der Waals surface area contributed by atoms with Crippen molar-refractivity contribution < 1.29 is 23.1 Å². The predicted molar refractivity (Wildman–Crippen MR) is 93.0 cm³/mol. The first-order valence-corrected chi connectivity index (χ1v) is 8.19. The summed E-state index contributed by atoms with van der Waals surface area (Å²) in [5, 5.41) is 9.98. The molecule has 0 radical (unpaired) electrons. The van der Waals surface area contributed by atoms with Crippen LogP contribution in [0.5, 0.6) is 0 Å². The second-order valence-electron chi connectivity index (χ2n) is 5.50. The summed E-state index contributed by atoms with van der Waals surface area (Å²) in [5.74, 6) is -1.95. The smallest absolute Gasteiger partial charge is 0.435 e. The molecular weight excluding hydrogens is 406 g/mol. The number of rotatable bonds is 4. The average molecular weight is 416 g/mol. The minimum absolute atomic E-state index is 0.191. The molecule has 3 rings (SSSR count). The Kier molecular flexibility index (Phi) is 5.12. The van der Waals surface area contributed by atoms with Crippen LogP contribution < -0.4 is 0 Å². The molecule has 0 saturated heterocycles. The molecule has 140 valence electrons. The number of aromatic nitrogens is 3. The van der Waals surface area contributed by atoms with E-state index in [4.69, 9.17) is 23.2 Å². The number of carbonyl (C=O) groups is 1. The lowest BCUT2D eigenvalue weighted by Gasteiger charge is -2.12. The van der Waals surface area contributed by atoms with Crippen LogP contribution in [-0.4, -0.2) is 25.6 Å². The van der Waals surface area contributed by atoms with Crippen LogP contribution in [-0.2, 0) is 12.7 Å². The number of imidazole rings is 1. The van der Waals surface area contributed by atoms with Gasteiger partial charge in [-0.3, -0.25) is 4.98 Å². The topological polar surface area (TPSA) is 68.0 Å². The van der Waals surface area contributed by atoms with Gasteiger partial charge in [-0.25, -0.2) is 9.78 Å². The van der Waals surface area contributed by atoms with Gasteiger partial charge in [0, 0.05) is 28.0 Å². The summed E-state index contributed by atoms with van der Waals surface area (Å²) >= 11 is 12.0. The molecule has 1 aromatic carbocycles. The maximum absolute atomic E-state index is 13.4. The van der Waals surface area contributed by atoms with E-state index in [2.05, 4.69) is 9.97 Å². The van der Waals surface area contributed by atoms with Crippen molar-refractivity contribution in [2.24, 2.45) is 0 Å². The third-order valence-electron chi connectivity index (χ3n) is 3.69. The van der Waals surface area contributed by atoms with Gasteiger partial charge in [-0.2, -0.15) is 13.2 Å². The normalized spacial score (nSPS) is 11.6. The minimum atomic E-state index is -4.95. The number of carboxylic acid groups (broad SMARTS) is 1. The Balaban J connectivity index is 2.27. The molecule has 0 aliphatic rings. The van der Waals surface area contributed by atoms with Crippen molar-refractivity contribution in [1.82, 2.24) is 14.5 Å². The van der Waals surface area contributed by atoms with E-state index in [0.29, 0.717) is 10.6 Å². The SMILES string of the molecule is O=C(O)c1c(C(F)(F)F)nc(-c2cccnc2)n1Cc1cc(Cl)ccc1Cl. The molecule has 1 N–H and O–H groups in total. The molecule has 2 aromatic heterocycles. The summed E-state index contributed by atoms with van der Waals surface area (Å²) < 4.78 is 41.1. The molecule has 0 amide bonds. The molecule has 5 nitrogen and oxygen atoms in total. The van der Waals surface area contributed by atoms with E-state index < -0.39 is 23.5 Å². The van der Waals surface area contributed by atoms with Crippen LogP contribution in [0.3, 0.4) is 0 Å². The van der Waals surface area contributed by atoms with Crippen molar-refractivity contribution in [2.45, 2.75) is 12.7 Å². The van der Waals surface area contributed by atoms with Crippen LogP contribution in [0, 0.1) is 0 Å². The van der Waals surface area contributed by atoms with E-state index >= 15 is 0 Å². The second kappa shape index (κ2) is 7.21.